The van der Waals surface area contributed by atoms with Crippen molar-refractivity contribution in [3.8, 4) is 0 Å². The highest BCUT2D eigenvalue weighted by Crippen LogP contribution is 2.34. The number of nitro benzene ring substituents is 1. The van der Waals surface area contributed by atoms with Gasteiger partial charge in [0.05, 0.1) is 10.5 Å². The summed E-state index contributed by atoms with van der Waals surface area (Å²) in [5.74, 6) is 5.33. The van der Waals surface area contributed by atoms with Crippen molar-refractivity contribution in [1.82, 2.24) is 0 Å². The van der Waals surface area contributed by atoms with E-state index in [9.17, 15) is 10.1 Å². The van der Waals surface area contributed by atoms with Gasteiger partial charge in [-0.05, 0) is 38.8 Å². The molecule has 7 heteroatoms. The Morgan fingerprint density at radius 2 is 2.15 bits per heavy atom. The number of nitrogen functional groups attached to an aromatic ring is 1. The smallest absolute Gasteiger partial charge is 0.316 e. The van der Waals surface area contributed by atoms with Gasteiger partial charge in [-0.1, -0.05) is 6.07 Å². The fraction of sp³-hybridized carbons (Fsp3) is 0.538. The summed E-state index contributed by atoms with van der Waals surface area (Å²) in [5, 5.41) is 14.5. The molecule has 0 bridgehead atoms. The normalized spacial score (nSPS) is 21.2. The Kier molecular flexibility index (Phi) is 4.10. The fourth-order valence-corrected chi connectivity index (χ4v) is 2.55. The van der Waals surface area contributed by atoms with E-state index in [1.165, 1.54) is 0 Å². The molecule has 0 radical (unpaired) electrons. The first kappa shape index (κ1) is 14.5. The van der Waals surface area contributed by atoms with Gasteiger partial charge in [-0.25, -0.2) is 0 Å². The van der Waals surface area contributed by atoms with E-state index < -0.39 is 4.92 Å². The van der Waals surface area contributed by atoms with E-state index in [-0.39, 0.29) is 17.3 Å². The molecule has 20 heavy (non-hydrogen) atoms. The molecule has 0 amide bonds. The number of hydrazine groups is 1. The number of anilines is 2. The van der Waals surface area contributed by atoms with Crippen LogP contribution in [0.5, 0.6) is 0 Å². The highest BCUT2D eigenvalue weighted by molar-refractivity contribution is 5.76. The number of para-hydroxylation sites is 1. The molecule has 110 valence electrons. The molecule has 0 aliphatic carbocycles. The van der Waals surface area contributed by atoms with Gasteiger partial charge in [0.15, 0.2) is 0 Å². The van der Waals surface area contributed by atoms with Gasteiger partial charge >= 0.3 is 5.69 Å². The Balaban J connectivity index is 2.23. The average Bonchev–Trinajstić information content (AvgIpc) is 2.36. The second-order valence-electron chi connectivity index (χ2n) is 5.55. The molecular weight excluding hydrogens is 260 g/mol. The second kappa shape index (κ2) is 5.64. The number of hydrogen-bond donors (Lipinski definition) is 3. The number of benzene rings is 1. The monoisotopic (exact) mass is 280 g/mol. The molecule has 1 heterocycles. The molecule has 7 nitrogen and oxygen atoms in total. The quantitative estimate of drug-likeness (QED) is 0.444. The van der Waals surface area contributed by atoms with Crippen LogP contribution in [-0.4, -0.2) is 23.2 Å². The molecule has 0 saturated carbocycles. The number of hydrogen-bond acceptors (Lipinski definition) is 6. The van der Waals surface area contributed by atoms with Crippen molar-refractivity contribution >= 4 is 17.1 Å². The van der Waals surface area contributed by atoms with Gasteiger partial charge in [0, 0.05) is 12.6 Å². The van der Waals surface area contributed by atoms with Crippen LogP contribution >= 0.6 is 0 Å². The van der Waals surface area contributed by atoms with E-state index >= 15 is 0 Å². The molecule has 4 N–H and O–H groups in total. The summed E-state index contributed by atoms with van der Waals surface area (Å²) in [6.07, 6.45) is 1.62. The van der Waals surface area contributed by atoms with Crippen molar-refractivity contribution in [2.45, 2.75) is 38.3 Å². The van der Waals surface area contributed by atoms with Crippen LogP contribution in [0, 0.1) is 10.1 Å². The molecule has 1 aliphatic heterocycles. The predicted molar refractivity (Wildman–Crippen MR) is 77.6 cm³/mol. The maximum Gasteiger partial charge on any atom is 0.316 e. The van der Waals surface area contributed by atoms with E-state index in [2.05, 4.69) is 10.7 Å². The first-order valence-corrected chi connectivity index (χ1v) is 6.57. The zero-order chi connectivity index (χ0) is 14.8. The zero-order valence-corrected chi connectivity index (χ0v) is 11.7. The molecule has 1 unspecified atom stereocenters. The molecule has 0 spiro atoms. The second-order valence-corrected chi connectivity index (χ2v) is 5.55. The van der Waals surface area contributed by atoms with E-state index in [1.807, 2.05) is 13.8 Å². The van der Waals surface area contributed by atoms with Crippen molar-refractivity contribution in [2.75, 3.05) is 17.3 Å². The van der Waals surface area contributed by atoms with E-state index in [1.54, 1.807) is 18.2 Å². The summed E-state index contributed by atoms with van der Waals surface area (Å²) in [6.45, 7) is 4.69. The highest BCUT2D eigenvalue weighted by Gasteiger charge is 2.30. The number of nitrogens with one attached hydrogen (secondary N) is 2. The third-order valence-corrected chi connectivity index (χ3v) is 3.43. The third-order valence-electron chi connectivity index (χ3n) is 3.43. The summed E-state index contributed by atoms with van der Waals surface area (Å²) in [5.41, 5.74) is 2.90. The molecule has 0 aromatic heterocycles. The molecule has 1 fully saturated rings. The van der Waals surface area contributed by atoms with E-state index in [0.29, 0.717) is 18.0 Å². The maximum absolute atomic E-state index is 11.2. The largest absolute Gasteiger partial charge is 0.376 e. The lowest BCUT2D eigenvalue weighted by molar-refractivity contribution is -0.383. The molecule has 1 atom stereocenters. The highest BCUT2D eigenvalue weighted by atomic mass is 16.6. The van der Waals surface area contributed by atoms with Gasteiger partial charge in [0.1, 0.15) is 11.4 Å². The van der Waals surface area contributed by atoms with Gasteiger partial charge in [-0.3, -0.25) is 16.0 Å². The Hall–Kier alpha value is -1.86. The average molecular weight is 280 g/mol. The van der Waals surface area contributed by atoms with E-state index in [0.717, 1.165) is 12.8 Å². The Morgan fingerprint density at radius 1 is 1.45 bits per heavy atom. The van der Waals surface area contributed by atoms with E-state index in [4.69, 9.17) is 10.6 Å². The number of nitro groups is 1. The van der Waals surface area contributed by atoms with Gasteiger partial charge in [0.25, 0.3) is 0 Å². The minimum atomic E-state index is -0.429. The lowest BCUT2D eigenvalue weighted by Gasteiger charge is -2.36. The Bertz CT molecular complexity index is 504. The minimum Gasteiger partial charge on any atom is -0.376 e. The first-order chi connectivity index (χ1) is 9.43. The number of nitrogens with two attached hydrogens (primary N) is 1. The standard InChI is InChI=1S/C13H20N4O3/c1-13(2)8-9(6-7-20-13)15-10-4-3-5-11(16-14)12(10)17(18)19/h3-5,9,15-16H,6-8,14H2,1-2H3. The summed E-state index contributed by atoms with van der Waals surface area (Å²) >= 11 is 0. The van der Waals surface area contributed by atoms with Crippen LogP contribution in [0.2, 0.25) is 0 Å². The maximum atomic E-state index is 11.2. The number of ether oxygens (including phenoxy) is 1. The third kappa shape index (κ3) is 3.17. The van der Waals surface area contributed by atoms with Crippen LogP contribution in [0.1, 0.15) is 26.7 Å². The number of rotatable bonds is 4. The summed E-state index contributed by atoms with van der Waals surface area (Å²) < 4.78 is 5.65. The molecule has 1 aliphatic rings. The van der Waals surface area contributed by atoms with Gasteiger partial charge in [-0.2, -0.15) is 0 Å². The Morgan fingerprint density at radius 3 is 2.75 bits per heavy atom. The first-order valence-electron chi connectivity index (χ1n) is 6.57. The summed E-state index contributed by atoms with van der Waals surface area (Å²) in [6, 6.07) is 5.15. The SMILES string of the molecule is CC1(C)CC(Nc2cccc(NN)c2[N+](=O)[O-])CCO1. The van der Waals surface area contributed by atoms with Crippen molar-refractivity contribution in [1.29, 1.82) is 0 Å². The lowest BCUT2D eigenvalue weighted by Crippen LogP contribution is -2.40. The van der Waals surface area contributed by atoms with Crippen molar-refractivity contribution in [3.05, 3.63) is 28.3 Å². The molecule has 2 rings (SSSR count). The van der Waals surface area contributed by atoms with Crippen molar-refractivity contribution in [2.24, 2.45) is 5.84 Å². The van der Waals surface area contributed by atoms with Crippen LogP contribution in [0.4, 0.5) is 17.1 Å². The molecule has 1 saturated heterocycles. The predicted octanol–water partition coefficient (Wildman–Crippen LogP) is 2.25. The fourth-order valence-electron chi connectivity index (χ4n) is 2.55. The van der Waals surface area contributed by atoms with Gasteiger partial charge in [-0.15, -0.1) is 0 Å². The van der Waals surface area contributed by atoms with Crippen LogP contribution in [0.25, 0.3) is 0 Å². The zero-order valence-electron chi connectivity index (χ0n) is 11.7. The van der Waals surface area contributed by atoms with Crippen LogP contribution in [0.3, 0.4) is 0 Å². The van der Waals surface area contributed by atoms with Crippen molar-refractivity contribution in [3.63, 3.8) is 0 Å². The Labute approximate surface area is 117 Å². The lowest BCUT2D eigenvalue weighted by atomic mass is 9.93. The van der Waals surface area contributed by atoms with Crippen molar-refractivity contribution < 1.29 is 9.66 Å². The molecular formula is C13H20N4O3. The molecule has 1 aromatic carbocycles. The van der Waals surface area contributed by atoms with Gasteiger partial charge < -0.3 is 15.5 Å². The van der Waals surface area contributed by atoms with Crippen LogP contribution < -0.4 is 16.6 Å². The minimum absolute atomic E-state index is 0.0284. The number of nitrogens with zero attached hydrogens (tertiary/aromatic N) is 1. The summed E-state index contributed by atoms with van der Waals surface area (Å²) in [7, 11) is 0. The van der Waals surface area contributed by atoms with Crippen LogP contribution in [-0.2, 0) is 4.74 Å². The van der Waals surface area contributed by atoms with Crippen LogP contribution in [0.15, 0.2) is 18.2 Å². The topological polar surface area (TPSA) is 102 Å². The summed E-state index contributed by atoms with van der Waals surface area (Å²) in [4.78, 5) is 10.8. The molecule has 1 aromatic rings. The van der Waals surface area contributed by atoms with Gasteiger partial charge in [0.2, 0.25) is 0 Å².